The monoisotopic (exact) mass is 500 g/mol. The molecule has 1 aromatic carbocycles. The minimum Gasteiger partial charge on any atom is -0.143 e. The lowest BCUT2D eigenvalue weighted by Crippen LogP contribution is -2.47. The summed E-state index contributed by atoms with van der Waals surface area (Å²) >= 11 is 4.26. The molecule has 0 aliphatic heterocycles. The van der Waals surface area contributed by atoms with E-state index in [0.29, 0.717) is 10.1 Å². The number of benzene rings is 1. The zero-order valence-corrected chi connectivity index (χ0v) is 25.3. The first-order valence-electron chi connectivity index (χ1n) is 11.3. The van der Waals surface area contributed by atoms with Gasteiger partial charge in [0.2, 0.25) is 0 Å². The molecule has 0 spiro atoms. The molecule has 0 saturated carbocycles. The summed E-state index contributed by atoms with van der Waals surface area (Å²) in [7, 11) is -3.52. The Morgan fingerprint density at radius 1 is 0.645 bits per heavy atom. The molecule has 166 valence electrons. The number of thiophene rings is 2. The van der Waals surface area contributed by atoms with Crippen molar-refractivity contribution in [3.05, 3.63) is 42.5 Å². The highest BCUT2D eigenvalue weighted by Crippen LogP contribution is 2.58. The average molecular weight is 501 g/mol. The van der Waals surface area contributed by atoms with Crippen molar-refractivity contribution in [3.63, 3.8) is 0 Å². The Kier molecular flexibility index (Phi) is 5.64. The first kappa shape index (κ1) is 23.5. The van der Waals surface area contributed by atoms with Crippen LogP contribution < -0.4 is 9.00 Å². The SMILES string of the molecule is CC(C)(C)[Si](C)(C)c1cc2c(s1)c1sc([Si](C)(C)C(C)(C)C)cc1p2-c1ccccc1. The van der Waals surface area contributed by atoms with Gasteiger partial charge < -0.3 is 0 Å². The lowest BCUT2D eigenvalue weighted by Gasteiger charge is -2.36. The first-order valence-corrected chi connectivity index (χ1v) is 20.3. The Morgan fingerprint density at radius 3 is 1.39 bits per heavy atom. The summed E-state index contributed by atoms with van der Waals surface area (Å²) in [6.45, 7) is 24.9. The minimum absolute atomic E-state index is 0.367. The van der Waals surface area contributed by atoms with Gasteiger partial charge in [-0.15, -0.1) is 22.7 Å². The van der Waals surface area contributed by atoms with E-state index in [1.165, 1.54) is 5.30 Å². The van der Waals surface area contributed by atoms with Crippen LogP contribution in [0.3, 0.4) is 0 Å². The fourth-order valence-electron chi connectivity index (χ4n) is 3.76. The highest BCUT2D eigenvalue weighted by molar-refractivity contribution is 7.70. The summed E-state index contributed by atoms with van der Waals surface area (Å²) in [5.74, 6) is 0. The van der Waals surface area contributed by atoms with E-state index in [4.69, 9.17) is 0 Å². The van der Waals surface area contributed by atoms with E-state index in [-0.39, 0.29) is 0 Å². The fourth-order valence-corrected chi connectivity index (χ4v) is 16.3. The third-order valence-electron chi connectivity index (χ3n) is 8.11. The van der Waals surface area contributed by atoms with Crippen molar-refractivity contribution in [2.24, 2.45) is 0 Å². The standard InChI is InChI=1S/C26H37PS2Si2/c1-25(2,3)30(7,8)21-16-19-23(28-21)24-20(27(19)18-14-12-11-13-15-18)17-22(29-24)31(9,10)26(4,5)6/h11-17H,1-10H3. The summed E-state index contributed by atoms with van der Waals surface area (Å²) in [6, 6.07) is 16.6. The van der Waals surface area contributed by atoms with E-state index < -0.39 is 23.7 Å². The Bertz CT molecular complexity index is 1160. The summed E-state index contributed by atoms with van der Waals surface area (Å²) in [5, 5.41) is 5.51. The molecule has 4 rings (SSSR count). The first-order chi connectivity index (χ1) is 14.2. The Morgan fingerprint density at radius 2 is 1.03 bits per heavy atom. The van der Waals surface area contributed by atoms with Crippen molar-refractivity contribution in [2.75, 3.05) is 0 Å². The zero-order valence-electron chi connectivity index (χ0n) is 20.8. The summed E-state index contributed by atoms with van der Waals surface area (Å²) in [4.78, 5) is 0. The largest absolute Gasteiger partial charge is 0.143 e. The lowest BCUT2D eigenvalue weighted by atomic mass is 10.2. The summed E-state index contributed by atoms with van der Waals surface area (Å²) in [6.07, 6.45) is 0. The average Bonchev–Trinajstić information content (AvgIpc) is 3.31. The van der Waals surface area contributed by atoms with E-state index in [1.54, 1.807) is 28.6 Å². The van der Waals surface area contributed by atoms with Crippen molar-refractivity contribution >= 4 is 75.0 Å². The van der Waals surface area contributed by atoms with Gasteiger partial charge in [-0.2, -0.15) is 0 Å². The molecule has 0 aliphatic carbocycles. The van der Waals surface area contributed by atoms with Crippen LogP contribution in [-0.4, -0.2) is 16.1 Å². The molecule has 4 aromatic rings. The molecule has 0 radical (unpaired) electrons. The zero-order chi connectivity index (χ0) is 23.0. The molecule has 0 unspecified atom stereocenters. The van der Waals surface area contributed by atoms with Gasteiger partial charge in [0.05, 0.1) is 25.5 Å². The van der Waals surface area contributed by atoms with Crippen LogP contribution in [0.4, 0.5) is 0 Å². The van der Waals surface area contributed by atoms with Gasteiger partial charge in [-0.05, 0) is 36.5 Å². The van der Waals surface area contributed by atoms with Crippen LogP contribution in [-0.2, 0) is 0 Å². The second kappa shape index (κ2) is 7.43. The number of hydrogen-bond donors (Lipinski definition) is 0. The van der Waals surface area contributed by atoms with E-state index in [2.05, 4.69) is 133 Å². The van der Waals surface area contributed by atoms with Crippen molar-refractivity contribution in [2.45, 2.75) is 77.8 Å². The minimum atomic E-state index is -1.54. The van der Waals surface area contributed by atoms with E-state index in [9.17, 15) is 0 Å². The molecule has 0 atom stereocenters. The van der Waals surface area contributed by atoms with Crippen molar-refractivity contribution in [1.29, 1.82) is 0 Å². The molecule has 0 N–H and O–H groups in total. The second-order valence-corrected chi connectivity index (χ2v) is 27.6. The fraction of sp³-hybridized carbons (Fsp3) is 0.462. The van der Waals surface area contributed by atoms with Gasteiger partial charge >= 0.3 is 0 Å². The predicted octanol–water partition coefficient (Wildman–Crippen LogP) is 9.52. The van der Waals surface area contributed by atoms with Gasteiger partial charge in [-0.1, -0.05) is 106 Å². The molecule has 0 aliphatic rings. The summed E-state index contributed by atoms with van der Waals surface area (Å²) < 4.78 is 6.56. The van der Waals surface area contributed by atoms with Gasteiger partial charge in [-0.25, -0.2) is 0 Å². The molecule has 3 aromatic heterocycles. The molecule has 0 bridgehead atoms. The molecule has 0 amide bonds. The predicted molar refractivity (Wildman–Crippen MR) is 155 cm³/mol. The van der Waals surface area contributed by atoms with Gasteiger partial charge in [0.1, 0.15) is 0 Å². The molecule has 5 heteroatoms. The van der Waals surface area contributed by atoms with Crippen LogP contribution in [0.15, 0.2) is 42.5 Å². The van der Waals surface area contributed by atoms with Crippen LogP contribution in [0.1, 0.15) is 41.5 Å². The van der Waals surface area contributed by atoms with Gasteiger partial charge in [0.15, 0.2) is 0 Å². The topological polar surface area (TPSA) is 0 Å². The number of hydrogen-bond acceptors (Lipinski definition) is 2. The molecular formula is C26H37PS2Si2. The quantitative estimate of drug-likeness (QED) is 0.246. The van der Waals surface area contributed by atoms with Crippen molar-refractivity contribution < 1.29 is 0 Å². The Labute approximate surface area is 199 Å². The third-order valence-corrected chi connectivity index (χ3v) is 26.9. The molecule has 0 saturated heterocycles. The van der Waals surface area contributed by atoms with Crippen LogP contribution in [0.5, 0.6) is 0 Å². The van der Waals surface area contributed by atoms with Gasteiger partial charge in [0, 0.05) is 10.2 Å². The highest BCUT2D eigenvalue weighted by Gasteiger charge is 2.41. The van der Waals surface area contributed by atoms with Crippen molar-refractivity contribution in [1.82, 2.24) is 0 Å². The second-order valence-electron chi connectivity index (χ2n) is 12.1. The van der Waals surface area contributed by atoms with Crippen LogP contribution in [0.25, 0.3) is 24.9 Å². The molecular weight excluding hydrogens is 464 g/mol. The molecule has 3 heterocycles. The van der Waals surface area contributed by atoms with E-state index in [1.807, 2.05) is 0 Å². The van der Waals surface area contributed by atoms with Crippen LogP contribution in [0.2, 0.25) is 36.3 Å². The lowest BCUT2D eigenvalue weighted by molar-refractivity contribution is 0.730. The Hall–Kier alpha value is -0.646. The molecule has 0 fully saturated rings. The summed E-state index contributed by atoms with van der Waals surface area (Å²) in [5.41, 5.74) is 0. The van der Waals surface area contributed by atoms with Crippen LogP contribution >= 0.6 is 30.2 Å². The maximum absolute atomic E-state index is 2.63. The number of rotatable bonds is 3. The Balaban J connectivity index is 2.05. The van der Waals surface area contributed by atoms with Gasteiger partial charge in [0.25, 0.3) is 0 Å². The normalized spacial score (nSPS) is 14.1. The van der Waals surface area contributed by atoms with Crippen LogP contribution in [0, 0.1) is 0 Å². The smallest absolute Gasteiger partial charge is 0.0987 e. The van der Waals surface area contributed by atoms with Gasteiger partial charge in [-0.3, -0.25) is 0 Å². The van der Waals surface area contributed by atoms with Crippen molar-refractivity contribution in [3.8, 4) is 5.30 Å². The third kappa shape index (κ3) is 3.67. The highest BCUT2D eigenvalue weighted by atomic mass is 32.1. The maximum atomic E-state index is 2.63. The molecule has 0 nitrogen and oxygen atoms in total. The van der Waals surface area contributed by atoms with E-state index >= 15 is 0 Å². The number of fused-ring (bicyclic) bond motifs is 3. The van der Waals surface area contributed by atoms with E-state index in [0.717, 1.165) is 0 Å². The molecule has 31 heavy (non-hydrogen) atoms. The maximum Gasteiger partial charge on any atom is 0.0987 e.